The van der Waals surface area contributed by atoms with Crippen LogP contribution in [-0.2, 0) is 16.1 Å². The lowest BCUT2D eigenvalue weighted by atomic mass is 10.0. The van der Waals surface area contributed by atoms with E-state index >= 15 is 0 Å². The summed E-state index contributed by atoms with van der Waals surface area (Å²) in [6.45, 7) is 2.30. The van der Waals surface area contributed by atoms with E-state index in [1.54, 1.807) is 36.4 Å². The van der Waals surface area contributed by atoms with Crippen molar-refractivity contribution in [3.05, 3.63) is 110 Å². The number of barbiturate groups is 1. The zero-order valence-corrected chi connectivity index (χ0v) is 21.1. The molecule has 37 heavy (non-hydrogen) atoms. The number of carbonyl (C=O) groups is 3. The molecule has 0 saturated carbocycles. The molecule has 0 radical (unpaired) electrons. The van der Waals surface area contributed by atoms with Crippen molar-refractivity contribution in [2.45, 2.75) is 13.5 Å². The van der Waals surface area contributed by atoms with Gasteiger partial charge in [-0.2, -0.15) is 0 Å². The minimum atomic E-state index is -0.813. The van der Waals surface area contributed by atoms with Gasteiger partial charge in [-0.1, -0.05) is 46.3 Å². The van der Waals surface area contributed by atoms with Crippen molar-refractivity contribution in [3.63, 3.8) is 0 Å². The molecule has 3 aromatic carbocycles. The second kappa shape index (κ2) is 9.47. The molecule has 1 saturated heterocycles. The second-order valence-electron chi connectivity index (χ2n) is 8.46. The Morgan fingerprint density at radius 2 is 1.65 bits per heavy atom. The Bertz CT molecular complexity index is 1620. The molecular formula is C27H19BrN4O5. The number of non-ortho nitro benzene ring substituents is 1. The Morgan fingerprint density at radius 1 is 0.973 bits per heavy atom. The second-order valence-corrected chi connectivity index (χ2v) is 9.38. The number of halogens is 1. The van der Waals surface area contributed by atoms with Crippen molar-refractivity contribution in [2.24, 2.45) is 0 Å². The molecule has 10 heteroatoms. The number of para-hydroxylation sites is 1. The van der Waals surface area contributed by atoms with Crippen LogP contribution >= 0.6 is 15.9 Å². The van der Waals surface area contributed by atoms with Crippen LogP contribution in [0.4, 0.5) is 16.2 Å². The van der Waals surface area contributed by atoms with E-state index < -0.39 is 22.8 Å². The number of hydrogen-bond acceptors (Lipinski definition) is 5. The minimum absolute atomic E-state index is 0.00922. The maximum absolute atomic E-state index is 13.4. The summed E-state index contributed by atoms with van der Waals surface area (Å²) in [6, 6.07) is 19.7. The Hall–Kier alpha value is -4.57. The maximum Gasteiger partial charge on any atom is 0.335 e. The van der Waals surface area contributed by atoms with Crippen molar-refractivity contribution in [2.75, 3.05) is 4.90 Å². The lowest BCUT2D eigenvalue weighted by Gasteiger charge is -2.26. The van der Waals surface area contributed by atoms with Crippen LogP contribution in [0, 0.1) is 17.0 Å². The number of hydrogen-bond donors (Lipinski definition) is 1. The largest absolute Gasteiger partial charge is 0.340 e. The highest BCUT2D eigenvalue weighted by Gasteiger charge is 2.37. The number of fused-ring (bicyclic) bond motifs is 1. The Labute approximate surface area is 219 Å². The van der Waals surface area contributed by atoms with Gasteiger partial charge in [-0.05, 0) is 48.9 Å². The highest BCUT2D eigenvalue weighted by molar-refractivity contribution is 9.10. The fraction of sp³-hybridized carbons (Fsp3) is 0.0741. The molecule has 2 heterocycles. The SMILES string of the molecule is Cc1c(/C=C2\C(=O)NC(=O)N(c3ccc(Br)cc3)C2=O)c2ccccc2n1Cc1ccc([N+](=O)[O-])cc1. The molecule has 9 nitrogen and oxygen atoms in total. The summed E-state index contributed by atoms with van der Waals surface area (Å²) in [5, 5.41) is 14.1. The summed E-state index contributed by atoms with van der Waals surface area (Å²) in [7, 11) is 0. The van der Waals surface area contributed by atoms with E-state index in [0.717, 1.165) is 31.5 Å². The van der Waals surface area contributed by atoms with Crippen LogP contribution in [0.2, 0.25) is 0 Å². The molecule has 0 spiro atoms. The van der Waals surface area contributed by atoms with E-state index in [1.807, 2.05) is 35.8 Å². The van der Waals surface area contributed by atoms with E-state index in [-0.39, 0.29) is 11.3 Å². The molecule has 0 unspecified atom stereocenters. The van der Waals surface area contributed by atoms with Crippen molar-refractivity contribution in [1.82, 2.24) is 9.88 Å². The van der Waals surface area contributed by atoms with Crippen LogP contribution in [0.15, 0.2) is 82.8 Å². The van der Waals surface area contributed by atoms with Crippen molar-refractivity contribution in [1.29, 1.82) is 0 Å². The molecule has 1 N–H and O–H groups in total. The molecule has 1 aliphatic heterocycles. The number of rotatable bonds is 5. The average molecular weight is 559 g/mol. The molecule has 5 rings (SSSR count). The quantitative estimate of drug-likeness (QED) is 0.154. The molecule has 0 atom stereocenters. The average Bonchev–Trinajstić information content (AvgIpc) is 3.13. The van der Waals surface area contributed by atoms with E-state index in [1.165, 1.54) is 18.2 Å². The van der Waals surface area contributed by atoms with Crippen LogP contribution in [0.3, 0.4) is 0 Å². The third-order valence-electron chi connectivity index (χ3n) is 6.24. The van der Waals surface area contributed by atoms with Crippen LogP contribution in [0.5, 0.6) is 0 Å². The van der Waals surface area contributed by atoms with E-state index in [9.17, 15) is 24.5 Å². The molecule has 0 bridgehead atoms. The topological polar surface area (TPSA) is 115 Å². The first kappa shape index (κ1) is 24.1. The fourth-order valence-electron chi connectivity index (χ4n) is 4.38. The van der Waals surface area contributed by atoms with Gasteiger partial charge >= 0.3 is 6.03 Å². The van der Waals surface area contributed by atoms with Gasteiger partial charge < -0.3 is 4.57 Å². The Morgan fingerprint density at radius 3 is 2.32 bits per heavy atom. The summed E-state index contributed by atoms with van der Waals surface area (Å²) < 4.78 is 2.80. The first-order valence-electron chi connectivity index (χ1n) is 11.2. The molecule has 0 aliphatic carbocycles. The molecule has 1 aliphatic rings. The van der Waals surface area contributed by atoms with E-state index in [4.69, 9.17) is 0 Å². The van der Waals surface area contributed by atoms with E-state index in [2.05, 4.69) is 21.2 Å². The number of nitrogens with one attached hydrogen (secondary N) is 1. The predicted molar refractivity (Wildman–Crippen MR) is 142 cm³/mol. The standard InChI is InChI=1S/C27H19BrN4O5/c1-16-22(14-23-25(33)29-27(35)31(26(23)34)19-12-8-18(28)9-13-19)21-4-2-3-5-24(21)30(16)15-17-6-10-20(11-7-17)32(36)37/h2-14H,15H2,1H3,(H,29,33,35)/b23-14+. The van der Waals surface area contributed by atoms with Gasteiger partial charge in [0, 0.05) is 45.3 Å². The number of nitro groups is 1. The highest BCUT2D eigenvalue weighted by atomic mass is 79.9. The molecular weight excluding hydrogens is 540 g/mol. The number of urea groups is 1. The molecule has 184 valence electrons. The summed E-state index contributed by atoms with van der Waals surface area (Å²) in [4.78, 5) is 50.2. The third kappa shape index (κ3) is 4.43. The molecule has 1 aromatic heterocycles. The number of imide groups is 2. The van der Waals surface area contributed by atoms with Gasteiger partial charge in [0.25, 0.3) is 17.5 Å². The first-order chi connectivity index (χ1) is 17.7. The van der Waals surface area contributed by atoms with Crippen molar-refractivity contribution in [3.8, 4) is 0 Å². The number of aromatic nitrogens is 1. The number of benzene rings is 3. The van der Waals surface area contributed by atoms with Crippen LogP contribution < -0.4 is 10.2 Å². The number of nitrogens with zero attached hydrogens (tertiary/aromatic N) is 3. The number of nitro benzene ring substituents is 1. The lowest BCUT2D eigenvalue weighted by Crippen LogP contribution is -2.54. The minimum Gasteiger partial charge on any atom is -0.340 e. The normalized spacial score (nSPS) is 14.9. The monoisotopic (exact) mass is 558 g/mol. The predicted octanol–water partition coefficient (Wildman–Crippen LogP) is 5.34. The van der Waals surface area contributed by atoms with Crippen molar-refractivity contribution >= 4 is 62.1 Å². The Balaban J connectivity index is 1.58. The summed E-state index contributed by atoms with van der Waals surface area (Å²) >= 11 is 3.33. The first-order valence-corrected chi connectivity index (χ1v) is 12.0. The number of carbonyl (C=O) groups excluding carboxylic acids is 3. The fourth-order valence-corrected chi connectivity index (χ4v) is 4.64. The zero-order chi connectivity index (χ0) is 26.3. The van der Waals surface area contributed by atoms with Crippen LogP contribution in [0.1, 0.15) is 16.8 Å². The molecule has 4 aromatic rings. The van der Waals surface area contributed by atoms with E-state index in [0.29, 0.717) is 17.8 Å². The maximum atomic E-state index is 13.4. The van der Waals surface area contributed by atoms with Gasteiger partial charge in [-0.3, -0.25) is 25.0 Å². The van der Waals surface area contributed by atoms with Gasteiger partial charge in [0.1, 0.15) is 5.57 Å². The van der Waals surface area contributed by atoms with Gasteiger partial charge in [0.15, 0.2) is 0 Å². The number of amides is 4. The van der Waals surface area contributed by atoms with Crippen molar-refractivity contribution < 1.29 is 19.3 Å². The molecule has 4 amide bonds. The number of anilines is 1. The van der Waals surface area contributed by atoms with Gasteiger partial charge in [-0.15, -0.1) is 0 Å². The summed E-state index contributed by atoms with van der Waals surface area (Å²) in [6.07, 6.45) is 1.51. The zero-order valence-electron chi connectivity index (χ0n) is 19.5. The van der Waals surface area contributed by atoms with Gasteiger partial charge in [-0.25, -0.2) is 9.69 Å². The smallest absolute Gasteiger partial charge is 0.335 e. The highest BCUT2D eigenvalue weighted by Crippen LogP contribution is 2.31. The Kier molecular flexibility index (Phi) is 6.18. The van der Waals surface area contributed by atoms with Gasteiger partial charge in [0.2, 0.25) is 0 Å². The summed E-state index contributed by atoms with van der Waals surface area (Å²) in [5.74, 6) is -1.49. The van der Waals surface area contributed by atoms with Crippen LogP contribution in [-0.4, -0.2) is 27.3 Å². The third-order valence-corrected chi connectivity index (χ3v) is 6.77. The molecule has 1 fully saturated rings. The summed E-state index contributed by atoms with van der Waals surface area (Å²) in [5.41, 5.74) is 3.36. The van der Waals surface area contributed by atoms with Crippen LogP contribution in [0.25, 0.3) is 17.0 Å². The lowest BCUT2D eigenvalue weighted by molar-refractivity contribution is -0.384. The van der Waals surface area contributed by atoms with Gasteiger partial charge in [0.05, 0.1) is 10.6 Å².